The molecule has 0 saturated heterocycles. The molecule has 18 nitrogen and oxygen atoms in total. The number of benzene rings is 16. The summed E-state index contributed by atoms with van der Waals surface area (Å²) in [6, 6.07) is 128. The smallest absolute Gasteiger partial charge is 0.187 e. The maximum absolute atomic E-state index is 10.5. The van der Waals surface area contributed by atoms with Crippen LogP contribution in [-0.2, 0) is 0 Å². The highest BCUT2D eigenvalue weighted by Crippen LogP contribution is 2.46. The molecule has 0 aliphatic rings. The van der Waals surface area contributed by atoms with Crippen molar-refractivity contribution in [3.8, 4) is 126 Å². The van der Waals surface area contributed by atoms with Crippen LogP contribution in [0.15, 0.2) is 373 Å². The lowest BCUT2D eigenvalue weighted by atomic mass is 10.0. The number of hydrogen-bond donors (Lipinski definition) is 0. The lowest BCUT2D eigenvalue weighted by Gasteiger charge is -2.14. The molecule has 0 aliphatic heterocycles. The molecule has 16 aromatic carbocycles. The first-order chi connectivity index (χ1) is 63.6. The molecule has 24 aromatic rings. The van der Waals surface area contributed by atoms with Crippen LogP contribution in [0, 0.1) is 54.4 Å². The van der Waals surface area contributed by atoms with E-state index in [1.54, 1.807) is 0 Å². The number of rotatable bonds is 11. The summed E-state index contributed by atoms with van der Waals surface area (Å²) in [7, 11) is 0. The molecule has 18 heteroatoms. The average Bonchev–Trinajstić information content (AvgIpc) is 1.57. The molecule has 8 heterocycles. The Kier molecular flexibility index (Phi) is 19.1. The lowest BCUT2D eigenvalue weighted by Crippen LogP contribution is -2.03. The van der Waals surface area contributed by atoms with Gasteiger partial charge in [-0.25, -0.2) is 49.7 Å². The van der Waals surface area contributed by atoms with Crippen LogP contribution in [0.25, 0.3) is 222 Å². The van der Waals surface area contributed by atoms with Crippen molar-refractivity contribution in [1.29, 1.82) is 15.8 Å². The molecule has 0 atom stereocenters. The zero-order valence-electron chi connectivity index (χ0n) is 69.1. The van der Waals surface area contributed by atoms with E-state index in [0.29, 0.717) is 85.9 Å². The summed E-state index contributed by atoms with van der Waals surface area (Å²) < 4.78 is 19.6. The molecular weight excluding hydrogens is 1590 g/mol. The second-order valence-electron chi connectivity index (χ2n) is 31.2. The first kappa shape index (κ1) is 76.6. The van der Waals surface area contributed by atoms with E-state index in [-0.39, 0.29) is 0 Å². The molecule has 0 N–H and O–H groups in total. The predicted molar refractivity (Wildman–Crippen MR) is 510 cm³/mol. The number of nitrogens with zero attached hydrogens (tertiary/aromatic N) is 16. The molecule has 24 rings (SSSR count). The van der Waals surface area contributed by atoms with E-state index in [1.807, 2.05) is 281 Å². The zero-order chi connectivity index (χ0) is 86.7. The van der Waals surface area contributed by atoms with E-state index in [0.717, 1.165) is 165 Å². The van der Waals surface area contributed by atoms with Crippen molar-refractivity contribution in [2.24, 2.45) is 0 Å². The number of furan rings is 2. The SMILES string of the molecule is N#Cc1cc(-n2c3ccccc3c3c4oc5ccccc5c4ccc32)ccc1-c1nc(-c2ccccc2)nc(-c2ccccc2)n1.N#Cc1ccc(-n2c3ccccc3c3c4oc5ccccc5c4ccc32)cc1-c1nc(-c2ccccc2)nc(-c2ccccc2)n1.[C-]#[N+]c1ccc(-c2ccc3c4ccccc4n(-c4ccc(C#N)cc4-c4nc(C)nc(C)n4)c3c2)cc1. The van der Waals surface area contributed by atoms with E-state index >= 15 is 0 Å². The van der Waals surface area contributed by atoms with Crippen LogP contribution in [0.5, 0.6) is 0 Å². The molecule has 602 valence electrons. The monoisotopic (exact) mass is 1650 g/mol. The summed E-state index contributed by atoms with van der Waals surface area (Å²) in [6.07, 6.45) is 0. The van der Waals surface area contributed by atoms with E-state index in [4.69, 9.17) is 45.3 Å². The highest BCUT2D eigenvalue weighted by molar-refractivity contribution is 6.25. The Morgan fingerprint density at radius 3 is 1.18 bits per heavy atom. The average molecular weight is 1660 g/mol. The van der Waals surface area contributed by atoms with Gasteiger partial charge in [0.1, 0.15) is 34.0 Å². The summed E-state index contributed by atoms with van der Waals surface area (Å²) in [4.78, 5) is 46.3. The van der Waals surface area contributed by atoms with Crippen LogP contribution < -0.4 is 0 Å². The largest absolute Gasteiger partial charge is 0.455 e. The van der Waals surface area contributed by atoms with Gasteiger partial charge in [0.2, 0.25) is 0 Å². The van der Waals surface area contributed by atoms with Crippen molar-refractivity contribution >= 4 is 115 Å². The number of para-hydroxylation sites is 5. The Hall–Kier alpha value is -18.5. The number of aromatic nitrogens is 12. The van der Waals surface area contributed by atoms with Gasteiger partial charge in [-0.2, -0.15) is 15.8 Å². The second-order valence-corrected chi connectivity index (χ2v) is 31.2. The van der Waals surface area contributed by atoms with Gasteiger partial charge >= 0.3 is 0 Å². The molecule has 0 fully saturated rings. The quantitative estimate of drug-likeness (QED) is 0.110. The molecule has 0 unspecified atom stereocenters. The maximum atomic E-state index is 10.5. The van der Waals surface area contributed by atoms with Gasteiger partial charge in [0.25, 0.3) is 0 Å². The first-order valence-electron chi connectivity index (χ1n) is 41.8. The second kappa shape index (κ2) is 32.1. The zero-order valence-corrected chi connectivity index (χ0v) is 69.1. The fraction of sp³-hybridized carbons (Fsp3) is 0.0180. The minimum atomic E-state index is 0.437. The number of fused-ring (bicyclic) bond motifs is 17. The highest BCUT2D eigenvalue weighted by Gasteiger charge is 2.26. The maximum Gasteiger partial charge on any atom is 0.187 e. The van der Waals surface area contributed by atoms with Crippen molar-refractivity contribution in [2.45, 2.75) is 13.8 Å². The van der Waals surface area contributed by atoms with Gasteiger partial charge in [0.05, 0.1) is 91.0 Å². The van der Waals surface area contributed by atoms with Crippen LogP contribution in [0.1, 0.15) is 28.3 Å². The molecule has 0 aliphatic carbocycles. The van der Waals surface area contributed by atoms with Gasteiger partial charge in [-0.1, -0.05) is 249 Å². The van der Waals surface area contributed by atoms with Gasteiger partial charge < -0.3 is 22.5 Å². The van der Waals surface area contributed by atoms with Gasteiger partial charge in [-0.15, -0.1) is 0 Å². The fourth-order valence-electron chi connectivity index (χ4n) is 17.7. The topological polar surface area (TPSA) is 233 Å². The van der Waals surface area contributed by atoms with Gasteiger partial charge in [0.15, 0.2) is 46.5 Å². The van der Waals surface area contributed by atoms with Crippen LogP contribution in [-0.4, -0.2) is 58.6 Å². The van der Waals surface area contributed by atoms with Gasteiger partial charge in [-0.3, -0.25) is 0 Å². The highest BCUT2D eigenvalue weighted by atomic mass is 16.3. The van der Waals surface area contributed by atoms with E-state index in [1.165, 1.54) is 0 Å². The number of aryl methyl sites for hydroxylation is 2. The Bertz CT molecular complexity index is 8700. The van der Waals surface area contributed by atoms with Gasteiger partial charge in [-0.05, 0) is 140 Å². The third-order valence-electron chi connectivity index (χ3n) is 23.5. The summed E-state index contributed by atoms with van der Waals surface area (Å²) in [5.41, 5.74) is 22.0. The normalized spacial score (nSPS) is 11.3. The third kappa shape index (κ3) is 13.7. The van der Waals surface area contributed by atoms with Crippen molar-refractivity contribution in [1.82, 2.24) is 58.6 Å². The van der Waals surface area contributed by atoms with Crippen molar-refractivity contribution < 1.29 is 8.83 Å². The summed E-state index contributed by atoms with van der Waals surface area (Å²) in [6.45, 7) is 10.9. The Morgan fingerprint density at radius 1 is 0.271 bits per heavy atom. The number of hydrogen-bond acceptors (Lipinski definition) is 14. The Morgan fingerprint density at radius 2 is 0.682 bits per heavy atom. The molecule has 0 saturated carbocycles. The van der Waals surface area contributed by atoms with Crippen LogP contribution in [0.2, 0.25) is 0 Å². The summed E-state index contributed by atoms with van der Waals surface area (Å²) in [5.74, 6) is 4.86. The van der Waals surface area contributed by atoms with Crippen molar-refractivity contribution in [3.05, 3.63) is 404 Å². The summed E-state index contributed by atoms with van der Waals surface area (Å²) in [5, 5.41) is 41.3. The van der Waals surface area contributed by atoms with Crippen molar-refractivity contribution in [3.63, 3.8) is 0 Å². The molecule has 0 radical (unpaired) electrons. The molecule has 129 heavy (non-hydrogen) atoms. The fourth-order valence-corrected chi connectivity index (χ4v) is 17.7. The minimum absolute atomic E-state index is 0.437. The molecule has 0 bridgehead atoms. The standard InChI is InChI=1S/2C40H23N5O.C31H20N6/c41-24-27-23-28(19-20-29(27)40-43-38(25-11-3-1-4-12-25)42-39(44-40)26-13-5-2-6-14-26)45-33-17-9-7-16-32(33)36-34(45)22-21-31-30-15-8-10-18-35(30)46-37(31)36;41-24-27-19-20-28(23-32(27)40-43-38(25-11-3-1-4-12-25)42-39(44-40)26-13-5-2-6-14-26)45-33-17-9-7-16-31(33)36-34(45)22-21-30-29-15-8-10-18-35(29)46-37(30)36;1-19-34-20(2)36-31(35-19)27-16-21(18-32)8-15-29(27)37-28-7-5-4-6-25(28)26-14-11-23(17-30(26)37)22-9-12-24(33-3)13-10-22/h2*1-23H;4-17H,1-2H3. The van der Waals surface area contributed by atoms with Crippen molar-refractivity contribution in [2.75, 3.05) is 0 Å². The van der Waals surface area contributed by atoms with E-state index in [9.17, 15) is 15.8 Å². The van der Waals surface area contributed by atoms with Gasteiger partial charge in [0, 0.05) is 93.4 Å². The van der Waals surface area contributed by atoms with Crippen LogP contribution >= 0.6 is 0 Å². The number of nitriles is 3. The Balaban J connectivity index is 0.000000115. The molecule has 8 aromatic heterocycles. The van der Waals surface area contributed by atoms with Crippen LogP contribution in [0.4, 0.5) is 5.69 Å². The Labute approximate surface area is 737 Å². The first-order valence-corrected chi connectivity index (χ1v) is 41.8. The third-order valence-corrected chi connectivity index (χ3v) is 23.5. The van der Waals surface area contributed by atoms with Crippen LogP contribution in [0.3, 0.4) is 0 Å². The van der Waals surface area contributed by atoms with E-state index in [2.05, 4.69) is 149 Å². The molecular formula is C111H66N16O2. The molecule has 0 spiro atoms. The predicted octanol–water partition coefficient (Wildman–Crippen LogP) is 26.8. The molecule has 0 amide bonds. The summed E-state index contributed by atoms with van der Waals surface area (Å²) >= 11 is 0. The lowest BCUT2D eigenvalue weighted by molar-refractivity contribution is 0.672. The minimum Gasteiger partial charge on any atom is -0.455 e. The van der Waals surface area contributed by atoms with E-state index < -0.39 is 0 Å².